The van der Waals surface area contributed by atoms with Crippen molar-refractivity contribution in [3.8, 4) is 0 Å². The van der Waals surface area contributed by atoms with Gasteiger partial charge in [0.25, 0.3) is 0 Å². The molecule has 5 nitrogen and oxygen atoms in total. The Morgan fingerprint density at radius 3 is 3.04 bits per heavy atom. The first kappa shape index (κ1) is 15.9. The number of rotatable bonds is 6. The molecule has 3 rings (SSSR count). The molecule has 0 saturated carbocycles. The minimum Gasteiger partial charge on any atom is -0.371 e. The molecular formula is C17H22ClN5. The average Bonchev–Trinajstić information content (AvgIpc) is 3.03. The SMILES string of the molecule is CCNc1ccnc(NC[C@@H]2CCN(c3cccc(Cl)c3)C2)n1. The van der Waals surface area contributed by atoms with Gasteiger partial charge in [0.1, 0.15) is 5.82 Å². The van der Waals surface area contributed by atoms with Gasteiger partial charge in [0.2, 0.25) is 5.95 Å². The third kappa shape index (κ3) is 4.26. The van der Waals surface area contributed by atoms with Gasteiger partial charge < -0.3 is 15.5 Å². The number of hydrogen-bond acceptors (Lipinski definition) is 5. The summed E-state index contributed by atoms with van der Waals surface area (Å²) in [7, 11) is 0. The van der Waals surface area contributed by atoms with Gasteiger partial charge in [-0.3, -0.25) is 0 Å². The summed E-state index contributed by atoms with van der Waals surface area (Å²) in [4.78, 5) is 11.1. The van der Waals surface area contributed by atoms with Crippen molar-refractivity contribution in [2.75, 3.05) is 41.7 Å². The van der Waals surface area contributed by atoms with Crippen LogP contribution in [0.3, 0.4) is 0 Å². The first-order chi connectivity index (χ1) is 11.2. The lowest BCUT2D eigenvalue weighted by Gasteiger charge is -2.19. The van der Waals surface area contributed by atoms with Gasteiger partial charge in [-0.2, -0.15) is 4.98 Å². The lowest BCUT2D eigenvalue weighted by molar-refractivity contribution is 0.620. The second-order valence-electron chi connectivity index (χ2n) is 5.76. The standard InChI is InChI=1S/C17H22ClN5/c1-2-19-16-6-8-20-17(22-16)21-11-13-7-9-23(12-13)15-5-3-4-14(18)10-15/h3-6,8,10,13H,2,7,9,11-12H2,1H3,(H2,19,20,21,22)/t13-/m0/s1. The second-order valence-corrected chi connectivity index (χ2v) is 6.19. The molecule has 6 heteroatoms. The normalized spacial score (nSPS) is 17.3. The van der Waals surface area contributed by atoms with E-state index < -0.39 is 0 Å². The van der Waals surface area contributed by atoms with E-state index in [1.54, 1.807) is 6.20 Å². The molecule has 0 spiro atoms. The van der Waals surface area contributed by atoms with Crippen molar-refractivity contribution >= 4 is 29.1 Å². The van der Waals surface area contributed by atoms with Gasteiger partial charge in [-0.15, -0.1) is 0 Å². The Morgan fingerprint density at radius 1 is 1.30 bits per heavy atom. The summed E-state index contributed by atoms with van der Waals surface area (Å²) >= 11 is 6.08. The van der Waals surface area contributed by atoms with E-state index >= 15 is 0 Å². The molecular weight excluding hydrogens is 310 g/mol. The predicted molar refractivity (Wildman–Crippen MR) is 96.5 cm³/mol. The van der Waals surface area contributed by atoms with Crippen molar-refractivity contribution in [3.63, 3.8) is 0 Å². The van der Waals surface area contributed by atoms with Gasteiger partial charge in [-0.1, -0.05) is 17.7 Å². The van der Waals surface area contributed by atoms with Crippen LogP contribution in [-0.2, 0) is 0 Å². The monoisotopic (exact) mass is 331 g/mol. The second kappa shape index (κ2) is 7.51. The highest BCUT2D eigenvalue weighted by Gasteiger charge is 2.22. The third-order valence-corrected chi connectivity index (χ3v) is 4.26. The lowest BCUT2D eigenvalue weighted by atomic mass is 10.1. The molecule has 2 aromatic rings. The molecule has 1 atom stereocenters. The highest BCUT2D eigenvalue weighted by molar-refractivity contribution is 6.30. The summed E-state index contributed by atoms with van der Waals surface area (Å²) in [6.07, 6.45) is 2.94. The molecule has 23 heavy (non-hydrogen) atoms. The number of benzene rings is 1. The van der Waals surface area contributed by atoms with Gasteiger partial charge in [0, 0.05) is 43.1 Å². The minimum absolute atomic E-state index is 0.584. The van der Waals surface area contributed by atoms with Gasteiger partial charge in [0.05, 0.1) is 0 Å². The molecule has 1 saturated heterocycles. The maximum atomic E-state index is 6.08. The predicted octanol–water partition coefficient (Wildman–Crippen LogP) is 3.50. The molecule has 1 aromatic heterocycles. The summed E-state index contributed by atoms with van der Waals surface area (Å²) in [5, 5.41) is 7.34. The van der Waals surface area contributed by atoms with E-state index in [1.165, 1.54) is 5.69 Å². The summed E-state index contributed by atoms with van der Waals surface area (Å²) in [5.41, 5.74) is 1.20. The molecule has 1 fully saturated rings. The van der Waals surface area contributed by atoms with Crippen LogP contribution in [0, 0.1) is 5.92 Å². The van der Waals surface area contributed by atoms with Crippen LogP contribution in [0.4, 0.5) is 17.5 Å². The number of aromatic nitrogens is 2. The molecule has 0 aliphatic carbocycles. The third-order valence-electron chi connectivity index (χ3n) is 4.02. The topological polar surface area (TPSA) is 53.1 Å². The molecule has 1 aliphatic heterocycles. The quantitative estimate of drug-likeness (QED) is 0.848. The van der Waals surface area contributed by atoms with Crippen molar-refractivity contribution in [1.29, 1.82) is 0 Å². The Morgan fingerprint density at radius 2 is 2.22 bits per heavy atom. The van der Waals surface area contributed by atoms with Gasteiger partial charge in [-0.05, 0) is 43.5 Å². The maximum absolute atomic E-state index is 6.08. The number of anilines is 3. The molecule has 1 aliphatic rings. The molecule has 0 bridgehead atoms. The van der Waals surface area contributed by atoms with Crippen LogP contribution in [-0.4, -0.2) is 36.1 Å². The van der Waals surface area contributed by atoms with E-state index in [0.29, 0.717) is 11.9 Å². The molecule has 2 heterocycles. The van der Waals surface area contributed by atoms with Crippen LogP contribution in [0.2, 0.25) is 5.02 Å². The van der Waals surface area contributed by atoms with Crippen molar-refractivity contribution in [2.24, 2.45) is 5.92 Å². The van der Waals surface area contributed by atoms with Crippen LogP contribution >= 0.6 is 11.6 Å². The average molecular weight is 332 g/mol. The largest absolute Gasteiger partial charge is 0.371 e. The number of nitrogens with zero attached hydrogens (tertiary/aromatic N) is 3. The number of nitrogens with one attached hydrogen (secondary N) is 2. The highest BCUT2D eigenvalue weighted by Crippen LogP contribution is 2.26. The van der Waals surface area contributed by atoms with Crippen LogP contribution in [0.25, 0.3) is 0 Å². The van der Waals surface area contributed by atoms with Crippen molar-refractivity contribution < 1.29 is 0 Å². The van der Waals surface area contributed by atoms with E-state index in [2.05, 4.69) is 38.5 Å². The van der Waals surface area contributed by atoms with Gasteiger partial charge in [0.15, 0.2) is 0 Å². The van der Waals surface area contributed by atoms with Crippen molar-refractivity contribution in [3.05, 3.63) is 41.6 Å². The van der Waals surface area contributed by atoms with Crippen LogP contribution < -0.4 is 15.5 Å². The summed E-state index contributed by atoms with van der Waals surface area (Å²) in [5.74, 6) is 2.13. The van der Waals surface area contributed by atoms with Gasteiger partial charge in [-0.25, -0.2) is 4.98 Å². The van der Waals surface area contributed by atoms with Gasteiger partial charge >= 0.3 is 0 Å². The fraction of sp³-hybridized carbons (Fsp3) is 0.412. The van der Waals surface area contributed by atoms with E-state index in [4.69, 9.17) is 11.6 Å². The highest BCUT2D eigenvalue weighted by atomic mass is 35.5. The molecule has 122 valence electrons. The summed E-state index contributed by atoms with van der Waals surface area (Å²) < 4.78 is 0. The Labute approximate surface area is 142 Å². The van der Waals surface area contributed by atoms with Crippen molar-refractivity contribution in [2.45, 2.75) is 13.3 Å². The Kier molecular flexibility index (Phi) is 5.18. The van der Waals surface area contributed by atoms with E-state index in [9.17, 15) is 0 Å². The van der Waals surface area contributed by atoms with Crippen LogP contribution in [0.1, 0.15) is 13.3 Å². The smallest absolute Gasteiger partial charge is 0.224 e. The summed E-state index contributed by atoms with van der Waals surface area (Å²) in [6.45, 7) is 5.88. The zero-order chi connectivity index (χ0) is 16.1. The minimum atomic E-state index is 0.584. The first-order valence-corrected chi connectivity index (χ1v) is 8.43. The zero-order valence-corrected chi connectivity index (χ0v) is 14.1. The maximum Gasteiger partial charge on any atom is 0.224 e. The number of halogens is 1. The summed E-state index contributed by atoms with van der Waals surface area (Å²) in [6, 6.07) is 9.94. The Hall–Kier alpha value is -2.01. The Balaban J connectivity index is 1.53. The fourth-order valence-corrected chi connectivity index (χ4v) is 3.05. The van der Waals surface area contributed by atoms with Crippen LogP contribution in [0.5, 0.6) is 0 Å². The lowest BCUT2D eigenvalue weighted by Crippen LogP contribution is -2.22. The fourth-order valence-electron chi connectivity index (χ4n) is 2.87. The Bertz CT molecular complexity index is 648. The molecule has 1 aromatic carbocycles. The van der Waals surface area contributed by atoms with E-state index in [-0.39, 0.29) is 0 Å². The first-order valence-electron chi connectivity index (χ1n) is 8.06. The molecule has 2 N–H and O–H groups in total. The van der Waals surface area contributed by atoms with E-state index in [0.717, 1.165) is 43.4 Å². The molecule has 0 unspecified atom stereocenters. The van der Waals surface area contributed by atoms with Crippen LogP contribution in [0.15, 0.2) is 36.5 Å². The molecule has 0 amide bonds. The van der Waals surface area contributed by atoms with Crippen molar-refractivity contribution in [1.82, 2.24) is 9.97 Å². The zero-order valence-electron chi connectivity index (χ0n) is 13.3. The number of hydrogen-bond donors (Lipinski definition) is 2. The van der Waals surface area contributed by atoms with E-state index in [1.807, 2.05) is 24.3 Å². The molecule has 0 radical (unpaired) electrons.